The normalized spacial score (nSPS) is 14.7. The van der Waals surface area contributed by atoms with Crippen LogP contribution in [0.15, 0.2) is 56.9 Å². The number of aromatic nitrogens is 2. The molecule has 0 aliphatic rings. The van der Waals surface area contributed by atoms with Crippen molar-refractivity contribution in [1.29, 1.82) is 0 Å². The van der Waals surface area contributed by atoms with Crippen LogP contribution >= 0.6 is 11.3 Å². The summed E-state index contributed by atoms with van der Waals surface area (Å²) in [7, 11) is -2.16. The minimum Gasteiger partial charge on any atom is -0.466 e. The van der Waals surface area contributed by atoms with Gasteiger partial charge >= 0.3 is 0 Å². The van der Waals surface area contributed by atoms with E-state index in [9.17, 15) is 13.5 Å². The number of nitrogens with one attached hydrogen (secondary N) is 1. The van der Waals surface area contributed by atoms with Crippen LogP contribution in [-0.2, 0) is 22.7 Å². The molecule has 0 bridgehead atoms. The van der Waals surface area contributed by atoms with Crippen LogP contribution in [0.4, 0.5) is 0 Å². The van der Waals surface area contributed by atoms with Crippen LogP contribution in [-0.4, -0.2) is 29.8 Å². The highest BCUT2D eigenvalue weighted by Gasteiger charge is 2.36. The summed E-state index contributed by atoms with van der Waals surface area (Å²) in [5.74, 6) is 0.268. The van der Waals surface area contributed by atoms with Crippen LogP contribution in [0.25, 0.3) is 0 Å². The van der Waals surface area contributed by atoms with Crippen molar-refractivity contribution >= 4 is 21.4 Å². The molecule has 2 N–H and O–H groups in total. The van der Waals surface area contributed by atoms with Crippen LogP contribution in [0.5, 0.6) is 0 Å². The number of rotatable bonds is 6. The minimum atomic E-state index is -3.79. The fourth-order valence-corrected chi connectivity index (χ4v) is 3.93. The molecule has 7 nitrogen and oxygen atoms in total. The van der Waals surface area contributed by atoms with Crippen LogP contribution in [0.3, 0.4) is 0 Å². The molecule has 0 spiro atoms. The Balaban J connectivity index is 1.89. The quantitative estimate of drug-likeness (QED) is 0.696. The van der Waals surface area contributed by atoms with Gasteiger partial charge in [0.25, 0.3) is 0 Å². The highest BCUT2D eigenvalue weighted by atomic mass is 32.2. The first kappa shape index (κ1) is 15.9. The maximum absolute atomic E-state index is 12.3. The van der Waals surface area contributed by atoms with Gasteiger partial charge in [-0.1, -0.05) is 0 Å². The van der Waals surface area contributed by atoms with E-state index in [1.165, 1.54) is 34.7 Å². The Morgan fingerprint density at radius 2 is 2.30 bits per heavy atom. The van der Waals surface area contributed by atoms with Gasteiger partial charge in [0.15, 0.2) is 5.60 Å². The van der Waals surface area contributed by atoms with E-state index in [0.717, 1.165) is 0 Å². The first-order chi connectivity index (χ1) is 10.9. The molecule has 3 aromatic rings. The minimum absolute atomic E-state index is 0.0344. The van der Waals surface area contributed by atoms with Gasteiger partial charge in [-0.3, -0.25) is 4.68 Å². The SMILES string of the molecule is Cn1cc(S(=O)(=O)NC[C@](O)(c2ccsc2)c2ccco2)cn1. The molecule has 0 saturated heterocycles. The van der Waals surface area contributed by atoms with Gasteiger partial charge in [-0.15, -0.1) is 0 Å². The van der Waals surface area contributed by atoms with Gasteiger partial charge < -0.3 is 9.52 Å². The fraction of sp³-hybridized carbons (Fsp3) is 0.214. The summed E-state index contributed by atoms with van der Waals surface area (Å²) in [5.41, 5.74) is -1.02. The Bertz CT molecular complexity index is 833. The van der Waals surface area contributed by atoms with E-state index in [0.29, 0.717) is 5.56 Å². The molecule has 0 saturated carbocycles. The summed E-state index contributed by atoms with van der Waals surface area (Å²) >= 11 is 1.40. The zero-order valence-corrected chi connectivity index (χ0v) is 13.8. The summed E-state index contributed by atoms with van der Waals surface area (Å²) in [6.07, 6.45) is 4.07. The predicted molar refractivity (Wildman–Crippen MR) is 84.4 cm³/mol. The van der Waals surface area contributed by atoms with Crippen LogP contribution in [0.2, 0.25) is 0 Å². The van der Waals surface area contributed by atoms with Crippen molar-refractivity contribution in [2.45, 2.75) is 10.5 Å². The number of hydrogen-bond acceptors (Lipinski definition) is 6. The zero-order valence-electron chi connectivity index (χ0n) is 12.2. The maximum Gasteiger partial charge on any atom is 0.243 e. The molecule has 1 atom stereocenters. The van der Waals surface area contributed by atoms with Gasteiger partial charge in [-0.2, -0.15) is 16.4 Å². The van der Waals surface area contributed by atoms with E-state index in [-0.39, 0.29) is 17.2 Å². The third-order valence-electron chi connectivity index (χ3n) is 3.44. The molecule has 0 aromatic carbocycles. The second-order valence-electron chi connectivity index (χ2n) is 5.02. The van der Waals surface area contributed by atoms with Crippen LogP contribution in [0, 0.1) is 0 Å². The molecule has 3 aromatic heterocycles. The lowest BCUT2D eigenvalue weighted by atomic mass is 9.94. The van der Waals surface area contributed by atoms with Crippen molar-refractivity contribution in [2.75, 3.05) is 6.54 Å². The summed E-state index contributed by atoms with van der Waals surface area (Å²) in [4.78, 5) is 0.0344. The van der Waals surface area contributed by atoms with Crippen molar-refractivity contribution in [3.8, 4) is 0 Å². The molecule has 9 heteroatoms. The van der Waals surface area contributed by atoms with E-state index in [1.807, 2.05) is 0 Å². The number of aliphatic hydroxyl groups is 1. The Morgan fingerprint density at radius 1 is 1.48 bits per heavy atom. The monoisotopic (exact) mass is 353 g/mol. The molecule has 0 amide bonds. The van der Waals surface area contributed by atoms with Gasteiger partial charge in [0.2, 0.25) is 10.0 Å². The highest BCUT2D eigenvalue weighted by molar-refractivity contribution is 7.89. The molecule has 122 valence electrons. The van der Waals surface area contributed by atoms with Crippen LogP contribution < -0.4 is 4.72 Å². The largest absolute Gasteiger partial charge is 0.466 e. The van der Waals surface area contributed by atoms with E-state index in [4.69, 9.17) is 4.42 Å². The lowest BCUT2D eigenvalue weighted by molar-refractivity contribution is 0.0623. The number of sulfonamides is 1. The van der Waals surface area contributed by atoms with Crippen LogP contribution in [0.1, 0.15) is 11.3 Å². The summed E-state index contributed by atoms with van der Waals surface area (Å²) in [6, 6.07) is 4.98. The predicted octanol–water partition coefficient (Wildman–Crippen LogP) is 1.29. The van der Waals surface area contributed by atoms with Gasteiger partial charge in [0.1, 0.15) is 10.7 Å². The van der Waals surface area contributed by atoms with E-state index in [2.05, 4.69) is 9.82 Å². The second kappa shape index (κ2) is 5.93. The molecule has 0 fully saturated rings. The summed E-state index contributed by atoms with van der Waals surface area (Å²) in [5, 5.41) is 18.4. The summed E-state index contributed by atoms with van der Waals surface area (Å²) in [6.45, 7) is -0.255. The van der Waals surface area contributed by atoms with E-state index in [1.54, 1.807) is 36.0 Å². The molecular formula is C14H15N3O4S2. The topological polar surface area (TPSA) is 97.4 Å². The Labute approximate surface area is 137 Å². The first-order valence-electron chi connectivity index (χ1n) is 6.69. The summed E-state index contributed by atoms with van der Waals surface area (Å²) < 4.78 is 33.8. The third kappa shape index (κ3) is 3.08. The van der Waals surface area contributed by atoms with Gasteiger partial charge in [-0.05, 0) is 29.0 Å². The van der Waals surface area contributed by atoms with Crippen molar-refractivity contribution in [2.24, 2.45) is 7.05 Å². The second-order valence-corrected chi connectivity index (χ2v) is 7.57. The molecule has 23 heavy (non-hydrogen) atoms. The highest BCUT2D eigenvalue weighted by Crippen LogP contribution is 2.31. The molecule has 0 aliphatic carbocycles. The average Bonchev–Trinajstić information content (AvgIpc) is 3.25. The third-order valence-corrected chi connectivity index (χ3v) is 5.48. The number of furan rings is 1. The standard InChI is InChI=1S/C14H15N3O4S2/c1-17-8-12(7-15-17)23(19,20)16-10-14(18,11-4-6-22-9-11)13-3-2-5-21-13/h2-9,16,18H,10H2,1H3/t14-/m0/s1. The smallest absolute Gasteiger partial charge is 0.243 e. The molecule has 0 radical (unpaired) electrons. The van der Waals surface area contributed by atoms with Crippen molar-refractivity contribution < 1.29 is 17.9 Å². The molecule has 0 unspecified atom stereocenters. The molecule has 3 rings (SSSR count). The van der Waals surface area contributed by atoms with E-state index >= 15 is 0 Å². The van der Waals surface area contributed by atoms with Gasteiger partial charge in [-0.25, -0.2) is 13.1 Å². The van der Waals surface area contributed by atoms with Crippen molar-refractivity contribution in [3.63, 3.8) is 0 Å². The number of thiophene rings is 1. The van der Waals surface area contributed by atoms with Gasteiger partial charge in [0, 0.05) is 18.8 Å². The zero-order chi connectivity index (χ0) is 16.5. The molecular weight excluding hydrogens is 338 g/mol. The Kier molecular flexibility index (Phi) is 4.11. The van der Waals surface area contributed by atoms with E-state index < -0.39 is 15.6 Å². The van der Waals surface area contributed by atoms with Crippen molar-refractivity contribution in [1.82, 2.24) is 14.5 Å². The Hall–Kier alpha value is -1.94. The number of hydrogen-bond donors (Lipinski definition) is 2. The number of aryl methyl sites for hydroxylation is 1. The maximum atomic E-state index is 12.3. The number of nitrogens with zero attached hydrogens (tertiary/aromatic N) is 2. The fourth-order valence-electron chi connectivity index (χ4n) is 2.17. The lowest BCUT2D eigenvalue weighted by Crippen LogP contribution is -2.41. The Morgan fingerprint density at radius 3 is 2.87 bits per heavy atom. The molecule has 0 aliphatic heterocycles. The lowest BCUT2D eigenvalue weighted by Gasteiger charge is -2.25. The van der Waals surface area contributed by atoms with Crippen molar-refractivity contribution in [3.05, 3.63) is 58.9 Å². The first-order valence-corrected chi connectivity index (χ1v) is 9.12. The average molecular weight is 353 g/mol. The molecule has 3 heterocycles. The van der Waals surface area contributed by atoms with Gasteiger partial charge in [0.05, 0.1) is 19.0 Å².